The van der Waals surface area contributed by atoms with Crippen LogP contribution in [0.5, 0.6) is 0 Å². The van der Waals surface area contributed by atoms with Gasteiger partial charge in [0.2, 0.25) is 0 Å². The lowest BCUT2D eigenvalue weighted by molar-refractivity contribution is -0.156. The molecule has 15 heavy (non-hydrogen) atoms. The van der Waals surface area contributed by atoms with Crippen molar-refractivity contribution in [1.82, 2.24) is 9.80 Å². The SMILES string of the molecule is CC1(C(=O)O)CN(C(=O)N2CCCC2)C1. The topological polar surface area (TPSA) is 60.9 Å². The second-order valence-corrected chi connectivity index (χ2v) is 4.70. The summed E-state index contributed by atoms with van der Waals surface area (Å²) >= 11 is 0. The van der Waals surface area contributed by atoms with Crippen LogP contribution in [-0.4, -0.2) is 53.1 Å². The van der Waals surface area contributed by atoms with E-state index in [2.05, 4.69) is 0 Å². The molecular weight excluding hydrogens is 196 g/mol. The van der Waals surface area contributed by atoms with Crippen LogP contribution in [0.1, 0.15) is 19.8 Å². The predicted molar refractivity (Wildman–Crippen MR) is 53.5 cm³/mol. The van der Waals surface area contributed by atoms with Crippen LogP contribution in [0.25, 0.3) is 0 Å². The molecule has 0 aromatic rings. The van der Waals surface area contributed by atoms with Crippen molar-refractivity contribution in [2.45, 2.75) is 19.8 Å². The third-order valence-electron chi connectivity index (χ3n) is 3.24. The fraction of sp³-hybridized carbons (Fsp3) is 0.800. The first-order chi connectivity index (χ1) is 7.03. The third-order valence-corrected chi connectivity index (χ3v) is 3.24. The molecule has 0 aromatic heterocycles. The lowest BCUT2D eigenvalue weighted by atomic mass is 9.82. The molecule has 0 unspecified atom stereocenters. The molecule has 2 saturated heterocycles. The summed E-state index contributed by atoms with van der Waals surface area (Å²) in [7, 11) is 0. The lowest BCUT2D eigenvalue weighted by Crippen LogP contribution is -2.62. The predicted octanol–water partition coefficient (Wildman–Crippen LogP) is 0.609. The molecule has 5 nitrogen and oxygen atoms in total. The Kier molecular flexibility index (Phi) is 2.32. The number of likely N-dealkylation sites (tertiary alicyclic amines) is 2. The molecule has 2 fully saturated rings. The van der Waals surface area contributed by atoms with E-state index in [0.717, 1.165) is 25.9 Å². The molecule has 2 amide bonds. The van der Waals surface area contributed by atoms with Crippen LogP contribution in [0.2, 0.25) is 0 Å². The van der Waals surface area contributed by atoms with Crippen LogP contribution >= 0.6 is 0 Å². The summed E-state index contributed by atoms with van der Waals surface area (Å²) in [5.74, 6) is -0.812. The monoisotopic (exact) mass is 212 g/mol. The highest BCUT2D eigenvalue weighted by Gasteiger charge is 2.48. The summed E-state index contributed by atoms with van der Waals surface area (Å²) in [6.45, 7) is 4.01. The number of urea groups is 1. The molecule has 2 aliphatic rings. The van der Waals surface area contributed by atoms with E-state index in [4.69, 9.17) is 5.11 Å². The first-order valence-electron chi connectivity index (χ1n) is 5.30. The van der Waals surface area contributed by atoms with E-state index >= 15 is 0 Å². The average Bonchev–Trinajstić information content (AvgIpc) is 2.64. The summed E-state index contributed by atoms with van der Waals surface area (Å²) < 4.78 is 0. The van der Waals surface area contributed by atoms with Crippen LogP contribution in [-0.2, 0) is 4.79 Å². The maximum Gasteiger partial charge on any atom is 0.320 e. The maximum absolute atomic E-state index is 11.8. The fourth-order valence-electron chi connectivity index (χ4n) is 2.18. The first kappa shape index (κ1) is 10.3. The Morgan fingerprint density at radius 2 is 1.67 bits per heavy atom. The van der Waals surface area contributed by atoms with Gasteiger partial charge in [-0.05, 0) is 19.8 Å². The summed E-state index contributed by atoms with van der Waals surface area (Å²) in [6.07, 6.45) is 2.13. The van der Waals surface area contributed by atoms with Crippen molar-refractivity contribution in [3.05, 3.63) is 0 Å². The van der Waals surface area contributed by atoms with Crippen LogP contribution in [0.4, 0.5) is 4.79 Å². The van der Waals surface area contributed by atoms with E-state index in [-0.39, 0.29) is 6.03 Å². The largest absolute Gasteiger partial charge is 0.481 e. The second-order valence-electron chi connectivity index (χ2n) is 4.70. The number of amides is 2. The minimum Gasteiger partial charge on any atom is -0.481 e. The van der Waals surface area contributed by atoms with Gasteiger partial charge in [-0.3, -0.25) is 4.79 Å². The number of hydrogen-bond acceptors (Lipinski definition) is 2. The Hall–Kier alpha value is -1.26. The van der Waals surface area contributed by atoms with Gasteiger partial charge in [-0.15, -0.1) is 0 Å². The number of carbonyl (C=O) groups excluding carboxylic acids is 1. The zero-order valence-electron chi connectivity index (χ0n) is 8.90. The minimum absolute atomic E-state index is 0.00576. The number of nitrogens with zero attached hydrogens (tertiary/aromatic N) is 2. The van der Waals surface area contributed by atoms with Gasteiger partial charge in [-0.1, -0.05) is 0 Å². The van der Waals surface area contributed by atoms with Gasteiger partial charge in [0.15, 0.2) is 0 Å². The van der Waals surface area contributed by atoms with Gasteiger partial charge < -0.3 is 14.9 Å². The van der Waals surface area contributed by atoms with Gasteiger partial charge in [0.1, 0.15) is 5.41 Å². The van der Waals surface area contributed by atoms with E-state index in [1.807, 2.05) is 0 Å². The zero-order chi connectivity index (χ0) is 11.1. The molecule has 0 aliphatic carbocycles. The number of carbonyl (C=O) groups is 2. The van der Waals surface area contributed by atoms with Crippen molar-refractivity contribution >= 4 is 12.0 Å². The molecule has 2 aliphatic heterocycles. The van der Waals surface area contributed by atoms with Crippen molar-refractivity contribution in [3.8, 4) is 0 Å². The Balaban J connectivity index is 1.88. The highest BCUT2D eigenvalue weighted by atomic mass is 16.4. The number of hydrogen-bond donors (Lipinski definition) is 1. The Labute approximate surface area is 88.6 Å². The van der Waals surface area contributed by atoms with Crippen molar-refractivity contribution in [1.29, 1.82) is 0 Å². The van der Waals surface area contributed by atoms with E-state index in [9.17, 15) is 9.59 Å². The van der Waals surface area contributed by atoms with Crippen molar-refractivity contribution in [3.63, 3.8) is 0 Å². The quantitative estimate of drug-likeness (QED) is 0.692. The molecular formula is C10H16N2O3. The highest BCUT2D eigenvalue weighted by Crippen LogP contribution is 2.31. The Morgan fingerprint density at radius 3 is 2.13 bits per heavy atom. The minimum atomic E-state index is -0.812. The smallest absolute Gasteiger partial charge is 0.320 e. The number of carboxylic acid groups (broad SMARTS) is 1. The van der Waals surface area contributed by atoms with E-state index in [1.54, 1.807) is 16.7 Å². The van der Waals surface area contributed by atoms with Gasteiger partial charge in [0.05, 0.1) is 0 Å². The van der Waals surface area contributed by atoms with Crippen molar-refractivity contribution in [2.24, 2.45) is 5.41 Å². The summed E-state index contributed by atoms with van der Waals surface area (Å²) in [5, 5.41) is 8.91. The van der Waals surface area contributed by atoms with Gasteiger partial charge in [0, 0.05) is 26.2 Å². The number of rotatable bonds is 1. The van der Waals surface area contributed by atoms with Crippen LogP contribution < -0.4 is 0 Å². The van der Waals surface area contributed by atoms with Crippen LogP contribution in [0.3, 0.4) is 0 Å². The lowest BCUT2D eigenvalue weighted by Gasteiger charge is -2.46. The van der Waals surface area contributed by atoms with Gasteiger partial charge >= 0.3 is 12.0 Å². The summed E-state index contributed by atoms with van der Waals surface area (Å²) in [4.78, 5) is 26.1. The standard InChI is InChI=1S/C10H16N2O3/c1-10(8(13)14)6-12(7-10)9(15)11-4-2-3-5-11/h2-7H2,1H3,(H,13,14). The molecule has 5 heteroatoms. The van der Waals surface area contributed by atoms with Crippen LogP contribution in [0, 0.1) is 5.41 Å². The molecule has 0 bridgehead atoms. The van der Waals surface area contributed by atoms with Gasteiger partial charge in [0.25, 0.3) is 0 Å². The van der Waals surface area contributed by atoms with Crippen molar-refractivity contribution < 1.29 is 14.7 Å². The normalized spacial score (nSPS) is 23.8. The zero-order valence-corrected chi connectivity index (χ0v) is 8.90. The van der Waals surface area contributed by atoms with E-state index in [1.165, 1.54) is 0 Å². The van der Waals surface area contributed by atoms with Gasteiger partial charge in [-0.2, -0.15) is 0 Å². The number of carboxylic acids is 1. The molecule has 2 rings (SSSR count). The summed E-state index contributed by atoms with van der Waals surface area (Å²) in [5.41, 5.74) is -0.727. The fourth-order valence-corrected chi connectivity index (χ4v) is 2.18. The van der Waals surface area contributed by atoms with Crippen LogP contribution in [0.15, 0.2) is 0 Å². The molecule has 2 heterocycles. The molecule has 84 valence electrons. The second kappa shape index (κ2) is 3.40. The van der Waals surface area contributed by atoms with E-state index in [0.29, 0.717) is 13.1 Å². The average molecular weight is 212 g/mol. The number of aliphatic carboxylic acids is 1. The van der Waals surface area contributed by atoms with Crippen molar-refractivity contribution in [2.75, 3.05) is 26.2 Å². The summed E-state index contributed by atoms with van der Waals surface area (Å²) in [6, 6.07) is 0.00576. The Bertz CT molecular complexity index is 291. The molecule has 0 spiro atoms. The first-order valence-corrected chi connectivity index (χ1v) is 5.30. The molecule has 1 N–H and O–H groups in total. The maximum atomic E-state index is 11.8. The molecule has 0 atom stereocenters. The molecule has 0 radical (unpaired) electrons. The Morgan fingerprint density at radius 1 is 1.13 bits per heavy atom. The third kappa shape index (κ3) is 1.66. The highest BCUT2D eigenvalue weighted by molar-refractivity contribution is 5.82. The molecule has 0 aromatic carbocycles. The molecule has 0 saturated carbocycles. The van der Waals surface area contributed by atoms with E-state index < -0.39 is 11.4 Å². The van der Waals surface area contributed by atoms with Gasteiger partial charge in [-0.25, -0.2) is 4.79 Å².